The van der Waals surface area contributed by atoms with Crippen LogP contribution < -0.4 is 10.0 Å². The minimum absolute atomic E-state index is 0. The second-order valence-electron chi connectivity index (χ2n) is 7.21. The summed E-state index contributed by atoms with van der Waals surface area (Å²) in [5.74, 6) is 0.857. The number of likely N-dealkylation sites (tertiary alicyclic amines) is 1. The molecule has 0 bridgehead atoms. The molecule has 0 atom stereocenters. The van der Waals surface area contributed by atoms with Crippen molar-refractivity contribution in [3.8, 4) is 0 Å². The van der Waals surface area contributed by atoms with Crippen molar-refractivity contribution in [3.63, 3.8) is 0 Å². The Labute approximate surface area is 184 Å². The highest BCUT2D eigenvalue weighted by Gasteiger charge is 2.41. The number of benzene rings is 1. The summed E-state index contributed by atoms with van der Waals surface area (Å²) in [5.41, 5.74) is 0.478. The Bertz CT molecular complexity index is 766. The van der Waals surface area contributed by atoms with Crippen molar-refractivity contribution in [1.29, 1.82) is 0 Å². The molecule has 152 valence electrons. The fourth-order valence-electron chi connectivity index (χ4n) is 4.06. The number of rotatable bonds is 5. The largest absolute Gasteiger partial charge is 0.355 e. The smallest absolute Gasteiger partial charge is 0.240 e. The van der Waals surface area contributed by atoms with Crippen LogP contribution in [0, 0.1) is 5.41 Å². The average molecular weight is 527 g/mol. The number of nitrogens with one attached hydrogen (secondary N) is 2. The lowest BCUT2D eigenvalue weighted by Gasteiger charge is -2.26. The highest BCUT2D eigenvalue weighted by Crippen LogP contribution is 2.45. The van der Waals surface area contributed by atoms with Gasteiger partial charge in [-0.1, -0.05) is 30.5 Å². The summed E-state index contributed by atoms with van der Waals surface area (Å²) < 4.78 is 27.2. The molecule has 1 aromatic rings. The molecule has 9 heteroatoms. The highest BCUT2D eigenvalue weighted by atomic mass is 127. The Morgan fingerprint density at radius 1 is 1.26 bits per heavy atom. The number of hydrogen-bond acceptors (Lipinski definition) is 3. The molecule has 2 N–H and O–H groups in total. The molecule has 6 nitrogen and oxygen atoms in total. The van der Waals surface area contributed by atoms with E-state index in [1.807, 2.05) is 0 Å². The van der Waals surface area contributed by atoms with Crippen LogP contribution in [0.1, 0.15) is 32.1 Å². The van der Waals surface area contributed by atoms with Crippen LogP contribution in [0.5, 0.6) is 0 Å². The first-order chi connectivity index (χ1) is 12.4. The molecular formula is C18H28ClIN4O2S. The van der Waals surface area contributed by atoms with E-state index in [2.05, 4.69) is 19.9 Å². The molecule has 3 rings (SSSR count). The van der Waals surface area contributed by atoms with Crippen LogP contribution in [0.25, 0.3) is 0 Å². The second kappa shape index (κ2) is 9.76. The van der Waals surface area contributed by atoms with E-state index in [0.717, 1.165) is 19.0 Å². The third-order valence-electron chi connectivity index (χ3n) is 5.42. The van der Waals surface area contributed by atoms with Crippen LogP contribution in [0.3, 0.4) is 0 Å². The lowest BCUT2D eigenvalue weighted by molar-refractivity contribution is 0.309. The van der Waals surface area contributed by atoms with Gasteiger partial charge in [0, 0.05) is 38.2 Å². The zero-order valence-electron chi connectivity index (χ0n) is 15.6. The van der Waals surface area contributed by atoms with Crippen molar-refractivity contribution in [2.45, 2.75) is 37.0 Å². The predicted octanol–water partition coefficient (Wildman–Crippen LogP) is 3.08. The maximum absolute atomic E-state index is 12.3. The van der Waals surface area contributed by atoms with Gasteiger partial charge in [0.05, 0.1) is 4.90 Å². The molecular weight excluding hydrogens is 499 g/mol. The van der Waals surface area contributed by atoms with E-state index in [1.54, 1.807) is 19.2 Å². The molecule has 1 aliphatic carbocycles. The molecule has 0 aromatic heterocycles. The normalized spacial score (nSPS) is 19.3. The molecule has 2 aliphatic rings. The molecule has 1 heterocycles. The molecule has 1 saturated carbocycles. The summed E-state index contributed by atoms with van der Waals surface area (Å²) in [4.78, 5) is 6.85. The molecule has 27 heavy (non-hydrogen) atoms. The minimum atomic E-state index is -3.55. The summed E-state index contributed by atoms with van der Waals surface area (Å²) in [6, 6.07) is 6.26. The topological polar surface area (TPSA) is 73.8 Å². The lowest BCUT2D eigenvalue weighted by atomic mass is 9.86. The van der Waals surface area contributed by atoms with E-state index >= 15 is 0 Å². The van der Waals surface area contributed by atoms with Crippen molar-refractivity contribution in [2.75, 3.05) is 33.2 Å². The number of sulfonamides is 1. The third-order valence-corrected chi connectivity index (χ3v) is 7.11. The van der Waals surface area contributed by atoms with Gasteiger partial charge in [0.15, 0.2) is 5.96 Å². The molecule has 1 aromatic carbocycles. The highest BCUT2D eigenvalue weighted by molar-refractivity contribution is 14.0. The fraction of sp³-hybridized carbons (Fsp3) is 0.611. The van der Waals surface area contributed by atoms with Gasteiger partial charge in [-0.2, -0.15) is 0 Å². The van der Waals surface area contributed by atoms with E-state index in [-0.39, 0.29) is 35.4 Å². The zero-order valence-corrected chi connectivity index (χ0v) is 19.5. The van der Waals surface area contributed by atoms with E-state index in [4.69, 9.17) is 11.6 Å². The van der Waals surface area contributed by atoms with Gasteiger partial charge in [0.25, 0.3) is 0 Å². The van der Waals surface area contributed by atoms with Gasteiger partial charge in [-0.25, -0.2) is 13.1 Å². The molecule has 0 unspecified atom stereocenters. The summed E-state index contributed by atoms with van der Waals surface area (Å²) in [6.07, 6.45) is 6.55. The van der Waals surface area contributed by atoms with Crippen LogP contribution in [-0.2, 0) is 10.0 Å². The van der Waals surface area contributed by atoms with Gasteiger partial charge in [-0.3, -0.25) is 4.99 Å². The molecule has 2 fully saturated rings. The molecule has 1 aliphatic heterocycles. The fourth-order valence-corrected chi connectivity index (χ4v) is 5.39. The van der Waals surface area contributed by atoms with E-state index in [9.17, 15) is 8.42 Å². The van der Waals surface area contributed by atoms with Crippen molar-refractivity contribution in [2.24, 2.45) is 10.4 Å². The van der Waals surface area contributed by atoms with Gasteiger partial charge in [-0.05, 0) is 42.9 Å². The first kappa shape index (κ1) is 22.7. The maximum atomic E-state index is 12.3. The standard InChI is InChI=1S/C18H27ClN4O2S.HI/c1-20-17(23-12-9-18(14-23)7-2-3-8-18)21-10-11-22-26(24,25)16-6-4-5-15(19)13-16;/h4-6,13,22H,2-3,7-12,14H2,1H3,(H,20,21);1H. The van der Waals surface area contributed by atoms with Crippen LogP contribution in [0.15, 0.2) is 34.2 Å². The number of halogens is 2. The Kier molecular flexibility index (Phi) is 8.20. The zero-order chi connectivity index (χ0) is 18.6. The first-order valence-electron chi connectivity index (χ1n) is 9.15. The Morgan fingerprint density at radius 3 is 2.67 bits per heavy atom. The van der Waals surface area contributed by atoms with E-state index < -0.39 is 10.0 Å². The van der Waals surface area contributed by atoms with E-state index in [0.29, 0.717) is 17.0 Å². The van der Waals surface area contributed by atoms with Crippen LogP contribution in [0.2, 0.25) is 5.02 Å². The van der Waals surface area contributed by atoms with E-state index in [1.165, 1.54) is 44.2 Å². The first-order valence-corrected chi connectivity index (χ1v) is 11.0. The molecule has 1 spiro atoms. The van der Waals surface area contributed by atoms with Gasteiger partial charge in [0.2, 0.25) is 10.0 Å². The summed E-state index contributed by atoms with van der Waals surface area (Å²) in [5, 5.41) is 3.68. The number of nitrogens with zero attached hydrogens (tertiary/aromatic N) is 2. The molecule has 0 radical (unpaired) electrons. The third kappa shape index (κ3) is 5.71. The number of guanidine groups is 1. The lowest BCUT2D eigenvalue weighted by Crippen LogP contribution is -2.43. The maximum Gasteiger partial charge on any atom is 0.240 e. The minimum Gasteiger partial charge on any atom is -0.355 e. The Morgan fingerprint density at radius 2 is 2.00 bits per heavy atom. The Hall–Kier alpha value is -0.580. The molecule has 1 saturated heterocycles. The van der Waals surface area contributed by atoms with Gasteiger partial charge in [0.1, 0.15) is 0 Å². The quantitative estimate of drug-likeness (QED) is 0.268. The van der Waals surface area contributed by atoms with Crippen molar-refractivity contribution >= 4 is 51.6 Å². The van der Waals surface area contributed by atoms with Gasteiger partial charge < -0.3 is 10.2 Å². The van der Waals surface area contributed by atoms with Crippen molar-refractivity contribution in [1.82, 2.24) is 14.9 Å². The summed E-state index contributed by atoms with van der Waals surface area (Å²) >= 11 is 5.87. The van der Waals surface area contributed by atoms with Crippen molar-refractivity contribution in [3.05, 3.63) is 29.3 Å². The summed E-state index contributed by atoms with van der Waals surface area (Å²) in [7, 11) is -1.78. The average Bonchev–Trinajstić information content (AvgIpc) is 3.25. The SMILES string of the molecule is CN=C(NCCNS(=O)(=O)c1cccc(Cl)c1)N1CCC2(CCCC2)C1.I. The second-order valence-corrected chi connectivity index (χ2v) is 9.41. The van der Waals surface area contributed by atoms with Crippen LogP contribution >= 0.6 is 35.6 Å². The Balaban J connectivity index is 0.00000261. The number of hydrogen-bond donors (Lipinski definition) is 2. The van der Waals surface area contributed by atoms with Crippen molar-refractivity contribution < 1.29 is 8.42 Å². The monoisotopic (exact) mass is 526 g/mol. The van der Waals surface area contributed by atoms with Crippen LogP contribution in [-0.4, -0.2) is 52.5 Å². The van der Waals surface area contributed by atoms with Gasteiger partial charge in [-0.15, -0.1) is 24.0 Å². The van der Waals surface area contributed by atoms with Gasteiger partial charge >= 0.3 is 0 Å². The number of aliphatic imine (C=N–C) groups is 1. The van der Waals surface area contributed by atoms with Crippen LogP contribution in [0.4, 0.5) is 0 Å². The molecule has 0 amide bonds. The summed E-state index contributed by atoms with van der Waals surface area (Å²) in [6.45, 7) is 2.84. The predicted molar refractivity (Wildman–Crippen MR) is 121 cm³/mol.